The standard InChI is InChI=1S/C12H15FN2O3/c1-7-3-4-9(13)5-10(7)15-12(18)11(17)14-6-8(2)16/h3-5,8,16H,6H2,1-2H3,(H,14,17)(H,15,18)/t8-/m1/s1. The summed E-state index contributed by atoms with van der Waals surface area (Å²) in [5.74, 6) is -2.27. The molecular formula is C12H15FN2O3. The van der Waals surface area contributed by atoms with Gasteiger partial charge in [0, 0.05) is 12.2 Å². The van der Waals surface area contributed by atoms with Gasteiger partial charge in [-0.3, -0.25) is 9.59 Å². The average Bonchev–Trinajstić information content (AvgIpc) is 2.30. The molecule has 1 aromatic rings. The lowest BCUT2D eigenvalue weighted by Crippen LogP contribution is -2.38. The molecule has 0 aliphatic heterocycles. The Morgan fingerprint density at radius 1 is 1.39 bits per heavy atom. The van der Waals surface area contributed by atoms with Crippen LogP contribution in [0.1, 0.15) is 12.5 Å². The van der Waals surface area contributed by atoms with Gasteiger partial charge in [0.15, 0.2) is 0 Å². The van der Waals surface area contributed by atoms with Crippen LogP contribution in [0.15, 0.2) is 18.2 Å². The molecule has 0 bridgehead atoms. The van der Waals surface area contributed by atoms with Crippen molar-refractivity contribution in [3.63, 3.8) is 0 Å². The fourth-order valence-corrected chi connectivity index (χ4v) is 1.23. The molecule has 0 aromatic heterocycles. The Kier molecular flexibility index (Phi) is 4.79. The van der Waals surface area contributed by atoms with Gasteiger partial charge < -0.3 is 15.7 Å². The van der Waals surface area contributed by atoms with Crippen LogP contribution < -0.4 is 10.6 Å². The van der Waals surface area contributed by atoms with Crippen LogP contribution >= 0.6 is 0 Å². The first-order valence-electron chi connectivity index (χ1n) is 5.43. The number of carbonyl (C=O) groups excluding carboxylic acids is 2. The molecule has 3 N–H and O–H groups in total. The Morgan fingerprint density at radius 2 is 2.06 bits per heavy atom. The van der Waals surface area contributed by atoms with Gasteiger partial charge in [-0.2, -0.15) is 0 Å². The van der Waals surface area contributed by atoms with E-state index in [1.54, 1.807) is 6.92 Å². The van der Waals surface area contributed by atoms with Crippen LogP contribution in [0, 0.1) is 12.7 Å². The molecule has 98 valence electrons. The number of halogens is 1. The molecule has 0 saturated carbocycles. The van der Waals surface area contributed by atoms with Gasteiger partial charge in [0.2, 0.25) is 0 Å². The van der Waals surface area contributed by atoms with E-state index < -0.39 is 23.7 Å². The molecule has 5 nitrogen and oxygen atoms in total. The number of hydrogen-bond donors (Lipinski definition) is 3. The quantitative estimate of drug-likeness (QED) is 0.690. The number of hydrogen-bond acceptors (Lipinski definition) is 3. The molecule has 0 saturated heterocycles. The van der Waals surface area contributed by atoms with Gasteiger partial charge in [0.1, 0.15) is 5.82 Å². The lowest BCUT2D eigenvalue weighted by atomic mass is 10.2. The van der Waals surface area contributed by atoms with Crippen molar-refractivity contribution in [2.45, 2.75) is 20.0 Å². The zero-order valence-corrected chi connectivity index (χ0v) is 10.2. The maximum Gasteiger partial charge on any atom is 0.313 e. The van der Waals surface area contributed by atoms with Crippen LogP contribution in [0.2, 0.25) is 0 Å². The van der Waals surface area contributed by atoms with Gasteiger partial charge in [-0.25, -0.2) is 4.39 Å². The molecule has 0 radical (unpaired) electrons. The maximum atomic E-state index is 13.0. The van der Waals surface area contributed by atoms with Gasteiger partial charge in [0.05, 0.1) is 6.10 Å². The van der Waals surface area contributed by atoms with Crippen LogP contribution in [-0.4, -0.2) is 29.6 Å². The Morgan fingerprint density at radius 3 is 2.67 bits per heavy atom. The highest BCUT2D eigenvalue weighted by atomic mass is 19.1. The Balaban J connectivity index is 2.64. The van der Waals surface area contributed by atoms with Crippen molar-refractivity contribution in [2.75, 3.05) is 11.9 Å². The highest BCUT2D eigenvalue weighted by molar-refractivity contribution is 6.39. The molecule has 0 heterocycles. The molecule has 1 aromatic carbocycles. The van der Waals surface area contributed by atoms with Gasteiger partial charge in [-0.15, -0.1) is 0 Å². The summed E-state index contributed by atoms with van der Waals surface area (Å²) in [7, 11) is 0. The predicted octanol–water partition coefficient (Wildman–Crippen LogP) is 0.570. The number of amides is 2. The second kappa shape index (κ2) is 6.11. The second-order valence-electron chi connectivity index (χ2n) is 3.97. The Bertz CT molecular complexity index is 461. The molecule has 0 fully saturated rings. The van der Waals surface area contributed by atoms with Gasteiger partial charge in [0.25, 0.3) is 0 Å². The SMILES string of the molecule is Cc1ccc(F)cc1NC(=O)C(=O)NC[C@@H](C)O. The van der Waals surface area contributed by atoms with Gasteiger partial charge in [-0.05, 0) is 31.5 Å². The normalized spacial score (nSPS) is 11.8. The van der Waals surface area contributed by atoms with E-state index >= 15 is 0 Å². The first-order valence-corrected chi connectivity index (χ1v) is 5.43. The van der Waals surface area contributed by atoms with E-state index in [1.165, 1.54) is 19.1 Å². The molecule has 0 aliphatic carbocycles. The summed E-state index contributed by atoms with van der Waals surface area (Å²) >= 11 is 0. The van der Waals surface area contributed by atoms with Crippen LogP contribution in [0.25, 0.3) is 0 Å². The fraction of sp³-hybridized carbons (Fsp3) is 0.333. The summed E-state index contributed by atoms with van der Waals surface area (Å²) in [4.78, 5) is 22.8. The lowest BCUT2D eigenvalue weighted by molar-refractivity contribution is -0.136. The number of aryl methyl sites for hydroxylation is 1. The van der Waals surface area contributed by atoms with Crippen molar-refractivity contribution in [1.82, 2.24) is 5.32 Å². The van der Waals surface area contributed by atoms with Crippen molar-refractivity contribution in [3.8, 4) is 0 Å². The van der Waals surface area contributed by atoms with E-state index in [2.05, 4.69) is 10.6 Å². The van der Waals surface area contributed by atoms with Gasteiger partial charge >= 0.3 is 11.8 Å². The first kappa shape index (κ1) is 14.1. The molecule has 0 aliphatic rings. The smallest absolute Gasteiger partial charge is 0.313 e. The van der Waals surface area contributed by atoms with Crippen LogP contribution in [0.4, 0.5) is 10.1 Å². The summed E-state index contributed by atoms with van der Waals surface area (Å²) in [5, 5.41) is 13.5. The van der Waals surface area contributed by atoms with Gasteiger partial charge in [-0.1, -0.05) is 6.07 Å². The minimum absolute atomic E-state index is 0.0195. The van der Waals surface area contributed by atoms with E-state index in [0.29, 0.717) is 5.56 Å². The van der Waals surface area contributed by atoms with E-state index in [4.69, 9.17) is 5.11 Å². The zero-order valence-electron chi connectivity index (χ0n) is 10.2. The molecule has 1 rings (SSSR count). The highest BCUT2D eigenvalue weighted by Crippen LogP contribution is 2.15. The summed E-state index contributed by atoms with van der Waals surface area (Å²) in [5.41, 5.74) is 0.889. The number of anilines is 1. The molecule has 18 heavy (non-hydrogen) atoms. The van der Waals surface area contributed by atoms with Crippen LogP contribution in [-0.2, 0) is 9.59 Å². The second-order valence-corrected chi connectivity index (χ2v) is 3.97. The zero-order chi connectivity index (χ0) is 13.7. The molecule has 6 heteroatoms. The number of aliphatic hydroxyl groups is 1. The van der Waals surface area contributed by atoms with E-state index in [9.17, 15) is 14.0 Å². The van der Waals surface area contributed by atoms with Crippen LogP contribution in [0.3, 0.4) is 0 Å². The third kappa shape index (κ3) is 4.14. The van der Waals surface area contributed by atoms with Crippen molar-refractivity contribution < 1.29 is 19.1 Å². The molecule has 2 amide bonds. The van der Waals surface area contributed by atoms with Crippen molar-refractivity contribution in [2.24, 2.45) is 0 Å². The third-order valence-electron chi connectivity index (χ3n) is 2.21. The summed E-state index contributed by atoms with van der Waals surface area (Å²) in [6.45, 7) is 3.14. The largest absolute Gasteiger partial charge is 0.392 e. The first-order chi connectivity index (χ1) is 8.40. The van der Waals surface area contributed by atoms with E-state index in [-0.39, 0.29) is 12.2 Å². The number of benzene rings is 1. The fourth-order valence-electron chi connectivity index (χ4n) is 1.23. The van der Waals surface area contributed by atoms with Crippen molar-refractivity contribution in [1.29, 1.82) is 0 Å². The number of nitrogens with one attached hydrogen (secondary N) is 2. The van der Waals surface area contributed by atoms with E-state index in [0.717, 1.165) is 6.07 Å². The highest BCUT2D eigenvalue weighted by Gasteiger charge is 2.15. The number of aliphatic hydroxyl groups excluding tert-OH is 1. The Labute approximate surface area is 104 Å². The van der Waals surface area contributed by atoms with Crippen molar-refractivity contribution in [3.05, 3.63) is 29.6 Å². The maximum absolute atomic E-state index is 13.0. The summed E-state index contributed by atoms with van der Waals surface area (Å²) in [6, 6.07) is 3.90. The molecule has 0 spiro atoms. The minimum Gasteiger partial charge on any atom is -0.392 e. The number of rotatable bonds is 3. The number of carbonyl (C=O) groups is 2. The molecule has 1 atom stereocenters. The summed E-state index contributed by atoms with van der Waals surface area (Å²) < 4.78 is 13.0. The minimum atomic E-state index is -0.899. The summed E-state index contributed by atoms with van der Waals surface area (Å²) in [6.07, 6.45) is -0.738. The molecular weight excluding hydrogens is 239 g/mol. The van der Waals surface area contributed by atoms with E-state index in [1.807, 2.05) is 0 Å². The Hall–Kier alpha value is -1.95. The predicted molar refractivity (Wildman–Crippen MR) is 64.5 cm³/mol. The average molecular weight is 254 g/mol. The third-order valence-corrected chi connectivity index (χ3v) is 2.21. The topological polar surface area (TPSA) is 78.4 Å². The van der Waals surface area contributed by atoms with Crippen molar-refractivity contribution >= 4 is 17.5 Å². The van der Waals surface area contributed by atoms with Crippen LogP contribution in [0.5, 0.6) is 0 Å². The monoisotopic (exact) mass is 254 g/mol. The lowest BCUT2D eigenvalue weighted by Gasteiger charge is -2.09. The molecule has 0 unspecified atom stereocenters.